The van der Waals surface area contributed by atoms with Crippen LogP contribution in [0.2, 0.25) is 5.02 Å². The lowest BCUT2D eigenvalue weighted by Crippen LogP contribution is -2.20. The van der Waals surface area contributed by atoms with Crippen molar-refractivity contribution >= 4 is 49.9 Å². The van der Waals surface area contributed by atoms with Crippen LogP contribution in [0.1, 0.15) is 30.9 Å². The Labute approximate surface area is 182 Å². The number of carbonyl (C=O) groups is 1. The van der Waals surface area contributed by atoms with Crippen molar-refractivity contribution in [3.8, 4) is 17.0 Å². The van der Waals surface area contributed by atoms with Gasteiger partial charge in [-0.15, -0.1) is 11.3 Å². The third-order valence-electron chi connectivity index (χ3n) is 4.17. The Balaban J connectivity index is 1.66. The molecule has 0 aliphatic carbocycles. The normalized spacial score (nSPS) is 10.9. The molecule has 0 unspecified atom stereocenters. The van der Waals surface area contributed by atoms with Gasteiger partial charge in [-0.1, -0.05) is 59.6 Å². The molecule has 0 radical (unpaired) electrons. The van der Waals surface area contributed by atoms with Crippen molar-refractivity contribution in [1.29, 1.82) is 0 Å². The molecule has 0 fully saturated rings. The first-order chi connectivity index (χ1) is 13.3. The smallest absolute Gasteiger partial charge is 0.264 e. The maximum Gasteiger partial charge on any atom is 0.264 e. The van der Waals surface area contributed by atoms with E-state index in [1.54, 1.807) is 0 Å². The summed E-state index contributed by atoms with van der Waals surface area (Å²) in [6.07, 6.45) is 0. The molecule has 0 aliphatic rings. The number of aryl methyl sites for hydroxylation is 1. The van der Waals surface area contributed by atoms with E-state index in [1.807, 2.05) is 48.7 Å². The molecule has 1 amide bonds. The second-order valence-electron chi connectivity index (χ2n) is 6.65. The van der Waals surface area contributed by atoms with Crippen LogP contribution in [-0.4, -0.2) is 17.5 Å². The molecule has 1 aromatic heterocycles. The summed E-state index contributed by atoms with van der Waals surface area (Å²) in [5.41, 5.74) is 3.69. The second kappa shape index (κ2) is 9.07. The molecular weight excluding hydrogens is 460 g/mol. The lowest BCUT2D eigenvalue weighted by atomic mass is 10.0. The Morgan fingerprint density at radius 1 is 1.32 bits per heavy atom. The number of thiazole rings is 1. The number of hydrogen-bond donors (Lipinski definition) is 1. The molecule has 28 heavy (non-hydrogen) atoms. The highest BCUT2D eigenvalue weighted by atomic mass is 79.9. The molecule has 146 valence electrons. The van der Waals surface area contributed by atoms with Gasteiger partial charge in [0.15, 0.2) is 11.7 Å². The fourth-order valence-corrected chi connectivity index (χ4v) is 3.99. The largest absolute Gasteiger partial charge is 0.483 e. The summed E-state index contributed by atoms with van der Waals surface area (Å²) in [6.45, 7) is 6.10. The lowest BCUT2D eigenvalue weighted by molar-refractivity contribution is -0.118. The average molecular weight is 480 g/mol. The van der Waals surface area contributed by atoms with Crippen molar-refractivity contribution < 1.29 is 9.53 Å². The van der Waals surface area contributed by atoms with Gasteiger partial charge in [-0.3, -0.25) is 10.1 Å². The molecule has 7 heteroatoms. The van der Waals surface area contributed by atoms with Gasteiger partial charge in [0.25, 0.3) is 5.91 Å². The van der Waals surface area contributed by atoms with Crippen LogP contribution in [0, 0.1) is 6.92 Å². The van der Waals surface area contributed by atoms with E-state index in [1.165, 1.54) is 11.3 Å². The number of nitrogens with zero attached hydrogens (tertiary/aromatic N) is 1. The SMILES string of the molecule is Cc1cc(OCC(=O)Nc2nc(-c3ccccc3Cl)cs2)c(C(C)C)cc1Br. The van der Waals surface area contributed by atoms with E-state index in [2.05, 4.69) is 40.1 Å². The van der Waals surface area contributed by atoms with E-state index < -0.39 is 0 Å². The summed E-state index contributed by atoms with van der Waals surface area (Å²) < 4.78 is 6.83. The zero-order chi connectivity index (χ0) is 20.3. The maximum atomic E-state index is 12.3. The highest BCUT2D eigenvalue weighted by Gasteiger charge is 2.14. The molecule has 3 aromatic rings. The number of benzene rings is 2. The molecule has 0 saturated carbocycles. The summed E-state index contributed by atoms with van der Waals surface area (Å²) in [5.74, 6) is 0.754. The van der Waals surface area contributed by atoms with Crippen LogP contribution in [0.4, 0.5) is 5.13 Å². The Morgan fingerprint density at radius 2 is 2.07 bits per heavy atom. The van der Waals surface area contributed by atoms with Crippen LogP contribution >= 0.6 is 38.9 Å². The van der Waals surface area contributed by atoms with E-state index >= 15 is 0 Å². The quantitative estimate of drug-likeness (QED) is 0.429. The predicted octanol–water partition coefficient (Wildman–Crippen LogP) is 6.68. The van der Waals surface area contributed by atoms with E-state index in [9.17, 15) is 4.79 Å². The maximum absolute atomic E-state index is 12.3. The highest BCUT2D eigenvalue weighted by Crippen LogP contribution is 2.33. The topological polar surface area (TPSA) is 51.2 Å². The molecule has 2 aromatic carbocycles. The zero-order valence-electron chi connectivity index (χ0n) is 15.8. The Bertz CT molecular complexity index is 1000. The van der Waals surface area contributed by atoms with Crippen molar-refractivity contribution in [2.75, 3.05) is 11.9 Å². The van der Waals surface area contributed by atoms with Gasteiger partial charge in [0, 0.05) is 20.4 Å². The minimum absolute atomic E-state index is 0.0815. The van der Waals surface area contributed by atoms with Crippen molar-refractivity contribution in [3.63, 3.8) is 0 Å². The number of aromatic nitrogens is 1. The molecule has 0 spiro atoms. The lowest BCUT2D eigenvalue weighted by Gasteiger charge is -2.15. The van der Waals surface area contributed by atoms with E-state index in [0.29, 0.717) is 10.2 Å². The van der Waals surface area contributed by atoms with Crippen molar-refractivity contribution in [1.82, 2.24) is 4.98 Å². The fraction of sp³-hybridized carbons (Fsp3) is 0.238. The molecular formula is C21H20BrClN2O2S. The van der Waals surface area contributed by atoms with Crippen LogP contribution in [0.15, 0.2) is 46.3 Å². The number of amides is 1. The first kappa shape index (κ1) is 20.8. The standard InChI is InChI=1S/C21H20BrClN2O2S/c1-12(2)15-9-16(22)13(3)8-19(15)27-10-20(26)25-21-24-18(11-28-21)14-6-4-5-7-17(14)23/h4-9,11-12H,10H2,1-3H3,(H,24,25,26). The zero-order valence-corrected chi connectivity index (χ0v) is 18.9. The molecule has 1 heterocycles. The number of rotatable bonds is 6. The van der Waals surface area contributed by atoms with Gasteiger partial charge in [-0.25, -0.2) is 4.98 Å². The van der Waals surface area contributed by atoms with Crippen LogP contribution in [0.25, 0.3) is 11.3 Å². The molecule has 0 atom stereocenters. The third kappa shape index (κ3) is 4.93. The van der Waals surface area contributed by atoms with Gasteiger partial charge in [0.2, 0.25) is 0 Å². The van der Waals surface area contributed by atoms with E-state index in [0.717, 1.165) is 32.6 Å². The third-order valence-corrected chi connectivity index (χ3v) is 6.11. The Morgan fingerprint density at radius 3 is 2.79 bits per heavy atom. The van der Waals surface area contributed by atoms with Crippen molar-refractivity contribution in [2.24, 2.45) is 0 Å². The van der Waals surface area contributed by atoms with Crippen molar-refractivity contribution in [2.45, 2.75) is 26.7 Å². The second-order valence-corrected chi connectivity index (χ2v) is 8.77. The van der Waals surface area contributed by atoms with Crippen LogP contribution < -0.4 is 10.1 Å². The highest BCUT2D eigenvalue weighted by molar-refractivity contribution is 9.10. The number of nitrogens with one attached hydrogen (secondary N) is 1. The summed E-state index contributed by atoms with van der Waals surface area (Å²) in [6, 6.07) is 11.5. The Hall–Kier alpha value is -1.89. The first-order valence-electron chi connectivity index (χ1n) is 8.78. The molecule has 4 nitrogen and oxygen atoms in total. The van der Waals surface area contributed by atoms with Gasteiger partial charge in [-0.2, -0.15) is 0 Å². The summed E-state index contributed by atoms with van der Waals surface area (Å²) in [4.78, 5) is 16.8. The average Bonchev–Trinajstić information content (AvgIpc) is 3.10. The first-order valence-corrected chi connectivity index (χ1v) is 10.8. The van der Waals surface area contributed by atoms with Gasteiger partial charge >= 0.3 is 0 Å². The minimum Gasteiger partial charge on any atom is -0.483 e. The molecule has 3 rings (SSSR count). The Kier molecular flexibility index (Phi) is 6.75. The molecule has 0 aliphatic heterocycles. The number of anilines is 1. The molecule has 1 N–H and O–H groups in total. The van der Waals surface area contributed by atoms with Gasteiger partial charge in [0.1, 0.15) is 5.75 Å². The number of carbonyl (C=O) groups excluding carboxylic acids is 1. The fourth-order valence-electron chi connectivity index (χ4n) is 2.67. The summed E-state index contributed by atoms with van der Waals surface area (Å²) >= 11 is 11.1. The van der Waals surface area contributed by atoms with Gasteiger partial charge in [-0.05, 0) is 42.2 Å². The van der Waals surface area contributed by atoms with E-state index in [4.69, 9.17) is 16.3 Å². The van der Waals surface area contributed by atoms with Crippen molar-refractivity contribution in [3.05, 3.63) is 62.4 Å². The number of halogens is 2. The van der Waals surface area contributed by atoms with E-state index in [-0.39, 0.29) is 18.4 Å². The van der Waals surface area contributed by atoms with Crippen LogP contribution in [0.5, 0.6) is 5.75 Å². The summed E-state index contributed by atoms with van der Waals surface area (Å²) in [5, 5.41) is 5.79. The minimum atomic E-state index is -0.254. The molecule has 0 saturated heterocycles. The van der Waals surface area contributed by atoms with Crippen LogP contribution in [0.3, 0.4) is 0 Å². The predicted molar refractivity (Wildman–Crippen MR) is 120 cm³/mol. The number of ether oxygens (including phenoxy) is 1. The van der Waals surface area contributed by atoms with Gasteiger partial charge < -0.3 is 4.74 Å². The number of hydrogen-bond acceptors (Lipinski definition) is 4. The van der Waals surface area contributed by atoms with Gasteiger partial charge in [0.05, 0.1) is 5.69 Å². The molecule has 0 bridgehead atoms. The monoisotopic (exact) mass is 478 g/mol. The van der Waals surface area contributed by atoms with Crippen LogP contribution in [-0.2, 0) is 4.79 Å². The summed E-state index contributed by atoms with van der Waals surface area (Å²) in [7, 11) is 0.